The summed E-state index contributed by atoms with van der Waals surface area (Å²) < 4.78 is 12.1. The third-order valence-corrected chi connectivity index (χ3v) is 13.7. The van der Waals surface area contributed by atoms with Crippen LogP contribution in [-0.2, 0) is 22.4 Å². The van der Waals surface area contributed by atoms with Crippen LogP contribution < -0.4 is 0 Å². The first-order valence-corrected chi connectivity index (χ1v) is 19.5. The molecule has 1 aromatic rings. The molecule has 254 valence electrons. The molecule has 3 fully saturated rings. The number of furan rings is 1. The van der Waals surface area contributed by atoms with Crippen LogP contribution in [0.5, 0.6) is 0 Å². The first-order valence-electron chi connectivity index (χ1n) is 19.5. The molecule has 5 rings (SSSR count). The van der Waals surface area contributed by atoms with E-state index in [2.05, 4.69) is 60.6 Å². The fourth-order valence-corrected chi connectivity index (χ4v) is 11.1. The number of aryl methyl sites for hydroxylation is 3. The predicted molar refractivity (Wildman–Crippen MR) is 187 cm³/mol. The van der Waals surface area contributed by atoms with Crippen LogP contribution in [-0.4, -0.2) is 12.1 Å². The molecule has 0 spiro atoms. The maximum atomic E-state index is 12.8. The van der Waals surface area contributed by atoms with Crippen LogP contribution in [0.15, 0.2) is 22.1 Å². The Morgan fingerprint density at radius 3 is 2.53 bits per heavy atom. The van der Waals surface area contributed by atoms with E-state index in [1.807, 2.05) is 0 Å². The number of fused-ring (bicyclic) bond motifs is 5. The number of unbranched alkanes of at least 4 members (excludes halogenated alkanes) is 3. The Kier molecular flexibility index (Phi) is 11.7. The lowest BCUT2D eigenvalue weighted by Crippen LogP contribution is -2.51. The molecular weight excluding hydrogens is 552 g/mol. The van der Waals surface area contributed by atoms with Gasteiger partial charge >= 0.3 is 5.97 Å². The monoisotopic (exact) mass is 621 g/mol. The van der Waals surface area contributed by atoms with Gasteiger partial charge in [0, 0.05) is 25.7 Å². The molecule has 0 aliphatic heterocycles. The molecule has 0 N–H and O–H groups in total. The first-order chi connectivity index (χ1) is 21.5. The average Bonchev–Trinajstić information content (AvgIpc) is 3.53. The number of allylic oxidation sites excluding steroid dienone is 1. The largest absolute Gasteiger partial charge is 0.466 e. The summed E-state index contributed by atoms with van der Waals surface area (Å²) in [5, 5.41) is 0. The second-order valence-electron chi connectivity index (χ2n) is 17.1. The zero-order chi connectivity index (χ0) is 32.2. The van der Waals surface area contributed by atoms with Gasteiger partial charge in [0.25, 0.3) is 0 Å². The maximum absolute atomic E-state index is 12.8. The van der Waals surface area contributed by atoms with E-state index >= 15 is 0 Å². The normalized spacial score (nSPS) is 33.3. The smallest absolute Gasteiger partial charge is 0.306 e. The number of carbonyl (C=O) groups is 1. The van der Waals surface area contributed by atoms with Gasteiger partial charge in [0.15, 0.2) is 0 Å². The molecule has 1 aromatic heterocycles. The van der Waals surface area contributed by atoms with Gasteiger partial charge in [-0.15, -0.1) is 0 Å². The summed E-state index contributed by atoms with van der Waals surface area (Å²) in [7, 11) is 0. The van der Waals surface area contributed by atoms with Crippen molar-refractivity contribution in [2.24, 2.45) is 46.3 Å². The zero-order valence-corrected chi connectivity index (χ0v) is 30.4. The van der Waals surface area contributed by atoms with E-state index in [1.54, 1.807) is 5.57 Å². The quantitative estimate of drug-likeness (QED) is 0.111. The van der Waals surface area contributed by atoms with Gasteiger partial charge in [-0.25, -0.2) is 0 Å². The highest BCUT2D eigenvalue weighted by molar-refractivity contribution is 5.69. The standard InChI is InChI=1S/C42H68O3/c1-8-14-33-27-31(5)39(44-33)17-11-9-10-12-18-40(43)45-34-23-25-41(6)32(28-34)19-20-35-37-22-21-36(30(4)16-13-15-29(2)3)42(37,7)26-24-38(35)41/h19,27,29-30,34-38H,8-18,20-26,28H2,1-7H3. The van der Waals surface area contributed by atoms with Crippen molar-refractivity contribution in [1.82, 2.24) is 0 Å². The molecule has 0 aromatic carbocycles. The van der Waals surface area contributed by atoms with Crippen molar-refractivity contribution in [3.05, 3.63) is 34.8 Å². The van der Waals surface area contributed by atoms with Gasteiger partial charge < -0.3 is 9.15 Å². The van der Waals surface area contributed by atoms with Crippen LogP contribution in [0.4, 0.5) is 0 Å². The molecule has 1 heterocycles. The van der Waals surface area contributed by atoms with Gasteiger partial charge in [-0.2, -0.15) is 0 Å². The molecule has 4 aliphatic carbocycles. The number of rotatable bonds is 15. The van der Waals surface area contributed by atoms with Crippen molar-refractivity contribution in [3.63, 3.8) is 0 Å². The van der Waals surface area contributed by atoms with Crippen molar-refractivity contribution in [2.45, 2.75) is 177 Å². The molecule has 0 bridgehead atoms. The summed E-state index contributed by atoms with van der Waals surface area (Å²) in [6, 6.07) is 2.20. The van der Waals surface area contributed by atoms with Crippen molar-refractivity contribution in [3.8, 4) is 0 Å². The van der Waals surface area contributed by atoms with Gasteiger partial charge in [-0.1, -0.05) is 85.3 Å². The Bertz CT molecular complexity index is 1140. The summed E-state index contributed by atoms with van der Waals surface area (Å²) in [4.78, 5) is 12.8. The van der Waals surface area contributed by atoms with Crippen LogP contribution in [0.25, 0.3) is 0 Å². The fraction of sp³-hybridized carbons (Fsp3) is 0.833. The number of esters is 1. The Balaban J connectivity index is 1.06. The number of carbonyl (C=O) groups excluding carboxylic acids is 1. The third kappa shape index (κ3) is 7.80. The number of hydrogen-bond acceptors (Lipinski definition) is 3. The predicted octanol–water partition coefficient (Wildman–Crippen LogP) is 12.0. The van der Waals surface area contributed by atoms with Crippen LogP contribution in [0.1, 0.15) is 168 Å². The van der Waals surface area contributed by atoms with E-state index in [1.165, 1.54) is 63.4 Å². The number of ether oxygens (including phenoxy) is 1. The molecule has 0 radical (unpaired) electrons. The molecule has 3 heteroatoms. The lowest BCUT2D eigenvalue weighted by atomic mass is 9.47. The minimum absolute atomic E-state index is 0.0249. The summed E-state index contributed by atoms with van der Waals surface area (Å²) >= 11 is 0. The highest BCUT2D eigenvalue weighted by Gasteiger charge is 2.59. The molecule has 4 aliphatic rings. The minimum Gasteiger partial charge on any atom is -0.466 e. The SMILES string of the molecule is CCCc1cc(C)c(CCCCCCC(=O)OC2CCC3(C)C(=CCC4C3CCC3(C)C(C(C)CCCC(C)C)CCC43)C2)o1. The molecule has 3 saturated carbocycles. The van der Waals surface area contributed by atoms with Gasteiger partial charge in [-0.3, -0.25) is 4.79 Å². The van der Waals surface area contributed by atoms with E-state index < -0.39 is 0 Å². The Morgan fingerprint density at radius 1 is 0.956 bits per heavy atom. The topological polar surface area (TPSA) is 39.4 Å². The summed E-state index contributed by atoms with van der Waals surface area (Å²) in [5.41, 5.74) is 3.78. The molecular formula is C42H68O3. The second kappa shape index (κ2) is 15.1. The third-order valence-electron chi connectivity index (χ3n) is 13.7. The molecule has 8 unspecified atom stereocenters. The Labute approximate surface area is 277 Å². The molecule has 3 nitrogen and oxygen atoms in total. The maximum Gasteiger partial charge on any atom is 0.306 e. The van der Waals surface area contributed by atoms with Gasteiger partial charge in [-0.05, 0) is 129 Å². The van der Waals surface area contributed by atoms with Crippen molar-refractivity contribution >= 4 is 5.97 Å². The van der Waals surface area contributed by atoms with E-state index in [4.69, 9.17) is 9.15 Å². The van der Waals surface area contributed by atoms with Crippen molar-refractivity contribution < 1.29 is 13.9 Å². The van der Waals surface area contributed by atoms with Crippen LogP contribution in [0, 0.1) is 53.3 Å². The summed E-state index contributed by atoms with van der Waals surface area (Å²) in [6.07, 6.45) is 25.2. The highest BCUT2D eigenvalue weighted by Crippen LogP contribution is 2.67. The van der Waals surface area contributed by atoms with Crippen LogP contribution >= 0.6 is 0 Å². The lowest BCUT2D eigenvalue weighted by molar-refractivity contribution is -0.151. The molecule has 45 heavy (non-hydrogen) atoms. The van der Waals surface area contributed by atoms with E-state index in [0.29, 0.717) is 17.3 Å². The fourth-order valence-electron chi connectivity index (χ4n) is 11.1. The van der Waals surface area contributed by atoms with Gasteiger partial charge in [0.1, 0.15) is 17.6 Å². The molecule has 0 saturated heterocycles. The zero-order valence-electron chi connectivity index (χ0n) is 30.4. The summed E-state index contributed by atoms with van der Waals surface area (Å²) in [5.74, 6) is 7.52. The Morgan fingerprint density at radius 2 is 1.76 bits per heavy atom. The highest BCUT2D eigenvalue weighted by atomic mass is 16.5. The van der Waals surface area contributed by atoms with E-state index in [0.717, 1.165) is 105 Å². The molecule has 0 amide bonds. The lowest BCUT2D eigenvalue weighted by Gasteiger charge is -2.58. The van der Waals surface area contributed by atoms with Crippen molar-refractivity contribution in [2.75, 3.05) is 0 Å². The summed E-state index contributed by atoms with van der Waals surface area (Å²) in [6.45, 7) is 17.0. The minimum atomic E-state index is 0.0249. The molecule has 8 atom stereocenters. The van der Waals surface area contributed by atoms with E-state index in [-0.39, 0.29) is 12.1 Å². The van der Waals surface area contributed by atoms with Crippen LogP contribution in [0.2, 0.25) is 0 Å². The second-order valence-corrected chi connectivity index (χ2v) is 17.1. The first kappa shape index (κ1) is 34.8. The number of hydrogen-bond donors (Lipinski definition) is 0. The average molecular weight is 621 g/mol. The van der Waals surface area contributed by atoms with Crippen molar-refractivity contribution in [1.29, 1.82) is 0 Å². The van der Waals surface area contributed by atoms with Gasteiger partial charge in [0.05, 0.1) is 0 Å². The van der Waals surface area contributed by atoms with Crippen LogP contribution in [0.3, 0.4) is 0 Å². The Hall–Kier alpha value is -1.51. The van der Waals surface area contributed by atoms with E-state index in [9.17, 15) is 4.79 Å². The van der Waals surface area contributed by atoms with Gasteiger partial charge in [0.2, 0.25) is 0 Å².